The molecule has 3 heterocycles. The van der Waals surface area contributed by atoms with E-state index in [9.17, 15) is 4.79 Å². The smallest absolute Gasteiger partial charge is 0.274 e. The number of carbonyl (C=O) groups is 1. The minimum atomic E-state index is 0.0651. The van der Waals surface area contributed by atoms with E-state index in [1.807, 2.05) is 28.8 Å². The lowest BCUT2D eigenvalue weighted by Gasteiger charge is -2.32. The number of fused-ring (bicyclic) bond motifs is 1. The first-order valence-corrected chi connectivity index (χ1v) is 10.9. The first-order valence-electron chi connectivity index (χ1n) is 10.9. The third-order valence-electron chi connectivity index (χ3n) is 6.34. The number of carbonyl (C=O) groups excluding carboxylic acids is 1. The second kappa shape index (κ2) is 7.32. The fourth-order valence-corrected chi connectivity index (χ4v) is 4.75. The van der Waals surface area contributed by atoms with Crippen molar-refractivity contribution in [3.05, 3.63) is 47.5 Å². The highest BCUT2D eigenvalue weighted by atomic mass is 16.2. The van der Waals surface area contributed by atoms with Gasteiger partial charge in [0.15, 0.2) is 5.69 Å². The van der Waals surface area contributed by atoms with E-state index in [1.54, 1.807) is 0 Å². The summed E-state index contributed by atoms with van der Waals surface area (Å²) in [7, 11) is 1.95. The summed E-state index contributed by atoms with van der Waals surface area (Å²) in [4.78, 5) is 20.2. The Kier molecular flexibility index (Phi) is 4.64. The first kappa shape index (κ1) is 18.4. The molecule has 1 saturated carbocycles. The maximum Gasteiger partial charge on any atom is 0.274 e. The van der Waals surface area contributed by atoms with Crippen molar-refractivity contribution >= 4 is 16.9 Å². The van der Waals surface area contributed by atoms with Crippen LogP contribution in [-0.4, -0.2) is 43.2 Å². The third kappa shape index (κ3) is 3.34. The molecule has 1 amide bonds. The van der Waals surface area contributed by atoms with Gasteiger partial charge in [0.1, 0.15) is 5.82 Å². The van der Waals surface area contributed by atoms with Crippen LogP contribution in [0.1, 0.15) is 72.9 Å². The molecule has 1 aliphatic heterocycles. The minimum Gasteiger partial charge on any atom is -0.337 e. The number of aryl methyl sites for hydroxylation is 2. The normalized spacial score (nSPS) is 19.8. The molecule has 1 aliphatic carbocycles. The second-order valence-electron chi connectivity index (χ2n) is 8.55. The zero-order valence-electron chi connectivity index (χ0n) is 17.3. The summed E-state index contributed by atoms with van der Waals surface area (Å²) in [5.41, 5.74) is 4.05. The molecule has 152 valence electrons. The lowest BCUT2D eigenvalue weighted by atomic mass is 9.96. The molecule has 0 spiro atoms. The predicted molar refractivity (Wildman–Crippen MR) is 113 cm³/mol. The highest BCUT2D eigenvalue weighted by molar-refractivity contribution is 5.92. The minimum absolute atomic E-state index is 0.0651. The summed E-state index contributed by atoms with van der Waals surface area (Å²) in [6.45, 7) is 4.69. The van der Waals surface area contributed by atoms with Gasteiger partial charge in [-0.1, -0.05) is 19.1 Å². The van der Waals surface area contributed by atoms with Crippen molar-refractivity contribution in [3.8, 4) is 0 Å². The summed E-state index contributed by atoms with van der Waals surface area (Å²) in [6, 6.07) is 10.4. The van der Waals surface area contributed by atoms with Crippen LogP contribution in [-0.2, 0) is 13.6 Å². The third-order valence-corrected chi connectivity index (χ3v) is 6.34. The van der Waals surface area contributed by atoms with Crippen molar-refractivity contribution in [1.29, 1.82) is 0 Å². The van der Waals surface area contributed by atoms with Gasteiger partial charge < -0.3 is 9.47 Å². The average molecular weight is 392 g/mol. The van der Waals surface area contributed by atoms with Crippen molar-refractivity contribution in [3.63, 3.8) is 0 Å². The highest BCUT2D eigenvalue weighted by Gasteiger charge is 2.32. The topological polar surface area (TPSA) is 56.0 Å². The Hall–Kier alpha value is -2.63. The molecule has 1 aromatic carbocycles. The van der Waals surface area contributed by atoms with Crippen molar-refractivity contribution in [2.24, 2.45) is 7.05 Å². The van der Waals surface area contributed by atoms with Gasteiger partial charge in [-0.3, -0.25) is 9.48 Å². The molecule has 0 N–H and O–H groups in total. The summed E-state index contributed by atoms with van der Waals surface area (Å²) in [5, 5.41) is 4.53. The van der Waals surface area contributed by atoms with Gasteiger partial charge in [0.05, 0.1) is 11.0 Å². The highest BCUT2D eigenvalue weighted by Crippen LogP contribution is 2.40. The maximum absolute atomic E-state index is 13.2. The van der Waals surface area contributed by atoms with Crippen LogP contribution in [0, 0.1) is 0 Å². The number of hydrogen-bond donors (Lipinski definition) is 0. The predicted octanol–water partition coefficient (Wildman–Crippen LogP) is 4.08. The molecule has 6 heteroatoms. The molecule has 2 aliphatic rings. The number of imidazole rings is 1. The Morgan fingerprint density at radius 2 is 2.00 bits per heavy atom. The number of hydrogen-bond acceptors (Lipinski definition) is 3. The fourth-order valence-electron chi connectivity index (χ4n) is 4.75. The van der Waals surface area contributed by atoms with E-state index >= 15 is 0 Å². The number of aromatic nitrogens is 4. The molecule has 0 bridgehead atoms. The van der Waals surface area contributed by atoms with Crippen molar-refractivity contribution < 1.29 is 4.79 Å². The lowest BCUT2D eigenvalue weighted by molar-refractivity contribution is 0.0696. The van der Waals surface area contributed by atoms with Crippen LogP contribution in [0.4, 0.5) is 0 Å². The molecule has 29 heavy (non-hydrogen) atoms. The van der Waals surface area contributed by atoms with E-state index in [-0.39, 0.29) is 11.8 Å². The van der Waals surface area contributed by atoms with Gasteiger partial charge >= 0.3 is 0 Å². The zero-order valence-corrected chi connectivity index (χ0v) is 17.3. The number of rotatable bonds is 5. The SMILES string of the molecule is CCCn1c(C2CCCN(C(=O)c3cc(C4CC4)n(C)n3)C2)nc2ccccc21. The van der Waals surface area contributed by atoms with Crippen LogP contribution in [0.2, 0.25) is 0 Å². The molecule has 1 saturated heterocycles. The quantitative estimate of drug-likeness (QED) is 0.659. The average Bonchev–Trinajstić information content (AvgIpc) is 3.42. The Labute approximate surface area is 171 Å². The Morgan fingerprint density at radius 3 is 2.79 bits per heavy atom. The Morgan fingerprint density at radius 1 is 1.17 bits per heavy atom. The molecule has 2 aromatic heterocycles. The largest absolute Gasteiger partial charge is 0.337 e. The Balaban J connectivity index is 1.41. The summed E-state index contributed by atoms with van der Waals surface area (Å²) < 4.78 is 4.26. The molecule has 1 atom stereocenters. The second-order valence-corrected chi connectivity index (χ2v) is 8.55. The fraction of sp³-hybridized carbons (Fsp3) is 0.522. The molecular formula is C23H29N5O. The van der Waals surface area contributed by atoms with Gasteiger partial charge in [-0.15, -0.1) is 0 Å². The Bertz CT molecular complexity index is 1040. The van der Waals surface area contributed by atoms with E-state index in [4.69, 9.17) is 4.98 Å². The number of para-hydroxylation sites is 2. The van der Waals surface area contributed by atoms with Crippen LogP contribution < -0.4 is 0 Å². The monoisotopic (exact) mass is 391 g/mol. The van der Waals surface area contributed by atoms with Crippen molar-refractivity contribution in [2.45, 2.75) is 57.4 Å². The maximum atomic E-state index is 13.2. The summed E-state index contributed by atoms with van der Waals surface area (Å²) in [6.07, 6.45) is 5.58. The van der Waals surface area contributed by atoms with Gasteiger partial charge in [0.2, 0.25) is 0 Å². The standard InChI is InChI=1S/C23H29N5O/c1-3-12-28-20-9-5-4-8-18(20)24-22(28)17-7-6-13-27(15-17)23(29)19-14-21(16-10-11-16)26(2)25-19/h4-5,8-9,14,16-17H,3,6-7,10-13,15H2,1-2H3. The van der Waals surface area contributed by atoms with E-state index in [2.05, 4.69) is 34.8 Å². The van der Waals surface area contributed by atoms with Crippen LogP contribution in [0.5, 0.6) is 0 Å². The number of nitrogens with zero attached hydrogens (tertiary/aromatic N) is 5. The van der Waals surface area contributed by atoms with Gasteiger partial charge in [0, 0.05) is 44.2 Å². The van der Waals surface area contributed by atoms with E-state index in [1.165, 1.54) is 24.1 Å². The van der Waals surface area contributed by atoms with Crippen LogP contribution in [0.25, 0.3) is 11.0 Å². The molecule has 1 unspecified atom stereocenters. The van der Waals surface area contributed by atoms with Gasteiger partial charge in [-0.05, 0) is 50.3 Å². The number of benzene rings is 1. The summed E-state index contributed by atoms with van der Waals surface area (Å²) >= 11 is 0. The summed E-state index contributed by atoms with van der Waals surface area (Å²) in [5.74, 6) is 2.07. The van der Waals surface area contributed by atoms with Crippen LogP contribution in [0.3, 0.4) is 0 Å². The molecule has 6 nitrogen and oxygen atoms in total. The molecule has 3 aromatic rings. The first-order chi connectivity index (χ1) is 14.2. The van der Waals surface area contributed by atoms with Gasteiger partial charge in [0.25, 0.3) is 5.91 Å². The number of amides is 1. The molecule has 5 rings (SSSR count). The van der Waals surface area contributed by atoms with E-state index < -0.39 is 0 Å². The van der Waals surface area contributed by atoms with Gasteiger partial charge in [-0.25, -0.2) is 4.98 Å². The zero-order chi connectivity index (χ0) is 20.0. The number of likely N-dealkylation sites (tertiary alicyclic amines) is 1. The lowest BCUT2D eigenvalue weighted by Crippen LogP contribution is -2.40. The molecule has 2 fully saturated rings. The van der Waals surface area contributed by atoms with Crippen LogP contribution in [0.15, 0.2) is 30.3 Å². The van der Waals surface area contributed by atoms with Crippen LogP contribution >= 0.6 is 0 Å². The van der Waals surface area contributed by atoms with Crippen molar-refractivity contribution in [2.75, 3.05) is 13.1 Å². The van der Waals surface area contributed by atoms with E-state index in [0.717, 1.165) is 50.2 Å². The van der Waals surface area contributed by atoms with Gasteiger partial charge in [-0.2, -0.15) is 5.10 Å². The molecule has 0 radical (unpaired) electrons. The van der Waals surface area contributed by atoms with E-state index in [0.29, 0.717) is 11.6 Å². The van der Waals surface area contributed by atoms with Crippen molar-refractivity contribution in [1.82, 2.24) is 24.2 Å². The number of piperidine rings is 1. The molecular weight excluding hydrogens is 362 g/mol.